The van der Waals surface area contributed by atoms with E-state index in [1.807, 2.05) is 18.2 Å². The molecular weight excluding hydrogens is 301 g/mol. The lowest BCUT2D eigenvalue weighted by Gasteiger charge is -2.13. The van der Waals surface area contributed by atoms with Crippen molar-refractivity contribution in [1.82, 2.24) is 5.32 Å². The van der Waals surface area contributed by atoms with Gasteiger partial charge >= 0.3 is 0 Å². The lowest BCUT2D eigenvalue weighted by atomic mass is 10.1. The predicted octanol–water partition coefficient (Wildman–Crippen LogP) is 4.50. The fraction of sp³-hybridized carbons (Fsp3) is 0.231. The van der Waals surface area contributed by atoms with E-state index in [0.29, 0.717) is 0 Å². The van der Waals surface area contributed by atoms with Gasteiger partial charge in [0.1, 0.15) is 5.82 Å². The molecule has 0 spiro atoms. The summed E-state index contributed by atoms with van der Waals surface area (Å²) in [6.07, 6.45) is 0. The third kappa shape index (κ3) is 3.37. The van der Waals surface area contributed by atoms with Gasteiger partial charge in [0.15, 0.2) is 0 Å². The minimum absolute atomic E-state index is 0.193. The molecule has 0 bridgehead atoms. The third-order valence-corrected chi connectivity index (χ3v) is 4.56. The van der Waals surface area contributed by atoms with Crippen LogP contribution in [-0.2, 0) is 6.54 Å². The van der Waals surface area contributed by atoms with Gasteiger partial charge in [-0.2, -0.15) is 0 Å². The average molecular weight is 314 g/mol. The Morgan fingerprint density at radius 1 is 1.29 bits per heavy atom. The maximum Gasteiger partial charge on any atom is 0.123 e. The van der Waals surface area contributed by atoms with Gasteiger partial charge in [0, 0.05) is 21.9 Å². The Bertz CT molecular complexity index is 480. The molecule has 1 heterocycles. The second-order valence-corrected chi connectivity index (χ2v) is 5.70. The largest absolute Gasteiger partial charge is 0.305 e. The summed E-state index contributed by atoms with van der Waals surface area (Å²) in [5.74, 6) is -0.193. The standard InChI is InChI=1S/C13H13BrFNS/c1-9(10-2-4-11(15)5-3-10)16-8-13-12(14)6-7-17-13/h2-7,9,16H,8H2,1H3/t9-/m1/s1. The Balaban J connectivity index is 1.95. The molecule has 0 unspecified atom stereocenters. The second-order valence-electron chi connectivity index (χ2n) is 3.85. The normalized spacial score (nSPS) is 12.6. The molecule has 2 aromatic rings. The summed E-state index contributed by atoms with van der Waals surface area (Å²) >= 11 is 5.22. The maximum absolute atomic E-state index is 12.8. The van der Waals surface area contributed by atoms with Gasteiger partial charge in [-0.05, 0) is 52.0 Å². The maximum atomic E-state index is 12.8. The van der Waals surface area contributed by atoms with Crippen LogP contribution in [0.4, 0.5) is 4.39 Å². The van der Waals surface area contributed by atoms with Crippen molar-refractivity contribution >= 4 is 27.3 Å². The molecule has 1 aromatic heterocycles. The quantitative estimate of drug-likeness (QED) is 0.876. The minimum atomic E-state index is -0.193. The molecule has 1 nitrogen and oxygen atoms in total. The Hall–Kier alpha value is -0.710. The highest BCUT2D eigenvalue weighted by molar-refractivity contribution is 9.10. The van der Waals surface area contributed by atoms with Crippen LogP contribution in [0.2, 0.25) is 0 Å². The van der Waals surface area contributed by atoms with Gasteiger partial charge in [0.05, 0.1) is 0 Å². The summed E-state index contributed by atoms with van der Waals surface area (Å²) in [5, 5.41) is 5.48. The number of hydrogen-bond donors (Lipinski definition) is 1. The SMILES string of the molecule is C[C@@H](NCc1sccc1Br)c1ccc(F)cc1. The van der Waals surface area contributed by atoms with Crippen LogP contribution in [0.15, 0.2) is 40.2 Å². The van der Waals surface area contributed by atoms with Gasteiger partial charge in [-0.15, -0.1) is 11.3 Å². The lowest BCUT2D eigenvalue weighted by Crippen LogP contribution is -2.17. The van der Waals surface area contributed by atoms with Gasteiger partial charge in [0.25, 0.3) is 0 Å². The molecule has 17 heavy (non-hydrogen) atoms. The number of halogens is 2. The fourth-order valence-electron chi connectivity index (χ4n) is 1.57. The number of hydrogen-bond acceptors (Lipinski definition) is 2. The highest BCUT2D eigenvalue weighted by Crippen LogP contribution is 2.23. The molecule has 0 fully saturated rings. The van der Waals surface area contributed by atoms with E-state index >= 15 is 0 Å². The van der Waals surface area contributed by atoms with E-state index < -0.39 is 0 Å². The summed E-state index contributed by atoms with van der Waals surface area (Å²) in [6, 6.07) is 8.88. The molecule has 0 aliphatic carbocycles. The number of benzene rings is 1. The molecule has 90 valence electrons. The number of thiophene rings is 1. The predicted molar refractivity (Wildman–Crippen MR) is 73.7 cm³/mol. The molecule has 0 saturated heterocycles. The first-order chi connectivity index (χ1) is 8.16. The van der Waals surface area contributed by atoms with Crippen molar-refractivity contribution < 1.29 is 4.39 Å². The van der Waals surface area contributed by atoms with E-state index in [4.69, 9.17) is 0 Å². The molecule has 1 aromatic carbocycles. The Labute approximate surface area is 113 Å². The molecule has 1 atom stereocenters. The van der Waals surface area contributed by atoms with E-state index in [1.165, 1.54) is 17.0 Å². The van der Waals surface area contributed by atoms with Gasteiger partial charge in [0.2, 0.25) is 0 Å². The van der Waals surface area contributed by atoms with Crippen molar-refractivity contribution in [1.29, 1.82) is 0 Å². The molecule has 4 heteroatoms. The van der Waals surface area contributed by atoms with Crippen LogP contribution in [0.3, 0.4) is 0 Å². The van der Waals surface area contributed by atoms with Gasteiger partial charge in [-0.1, -0.05) is 12.1 Å². The monoisotopic (exact) mass is 313 g/mol. The Morgan fingerprint density at radius 3 is 2.59 bits per heavy atom. The molecule has 0 saturated carbocycles. The van der Waals surface area contributed by atoms with Crippen LogP contribution in [0.5, 0.6) is 0 Å². The van der Waals surface area contributed by atoms with Crippen molar-refractivity contribution in [3.63, 3.8) is 0 Å². The second kappa shape index (κ2) is 5.76. The molecule has 0 amide bonds. The molecule has 0 aliphatic rings. The van der Waals surface area contributed by atoms with Crippen molar-refractivity contribution in [2.24, 2.45) is 0 Å². The molecule has 1 N–H and O–H groups in total. The summed E-state index contributed by atoms with van der Waals surface area (Å²) in [5.41, 5.74) is 1.10. The minimum Gasteiger partial charge on any atom is -0.305 e. The van der Waals surface area contributed by atoms with E-state index in [9.17, 15) is 4.39 Å². The number of nitrogens with one attached hydrogen (secondary N) is 1. The highest BCUT2D eigenvalue weighted by Gasteiger charge is 2.07. The zero-order chi connectivity index (χ0) is 12.3. The van der Waals surface area contributed by atoms with E-state index in [0.717, 1.165) is 16.6 Å². The van der Waals surface area contributed by atoms with Gasteiger partial charge in [-0.25, -0.2) is 4.39 Å². The summed E-state index contributed by atoms with van der Waals surface area (Å²) < 4.78 is 13.9. The van der Waals surface area contributed by atoms with E-state index in [2.05, 4.69) is 33.6 Å². The van der Waals surface area contributed by atoms with E-state index in [-0.39, 0.29) is 11.9 Å². The summed E-state index contributed by atoms with van der Waals surface area (Å²) in [4.78, 5) is 1.28. The van der Waals surface area contributed by atoms with Gasteiger partial charge in [-0.3, -0.25) is 0 Å². The number of rotatable bonds is 4. The van der Waals surface area contributed by atoms with E-state index in [1.54, 1.807) is 11.3 Å². The summed E-state index contributed by atoms with van der Waals surface area (Å²) in [6.45, 7) is 2.89. The van der Waals surface area contributed by atoms with Crippen LogP contribution in [0.25, 0.3) is 0 Å². The van der Waals surface area contributed by atoms with Crippen molar-refractivity contribution in [3.8, 4) is 0 Å². The van der Waals surface area contributed by atoms with Crippen LogP contribution in [0, 0.1) is 5.82 Å². The first kappa shape index (κ1) is 12.7. The zero-order valence-corrected chi connectivity index (χ0v) is 11.8. The van der Waals surface area contributed by atoms with Crippen LogP contribution in [0.1, 0.15) is 23.4 Å². The molecule has 0 aliphatic heterocycles. The van der Waals surface area contributed by atoms with Crippen molar-refractivity contribution in [3.05, 3.63) is 56.4 Å². The molecular formula is C13H13BrFNS. The fourth-order valence-corrected chi connectivity index (χ4v) is 3.01. The smallest absolute Gasteiger partial charge is 0.123 e. The molecule has 2 rings (SSSR count). The Kier molecular flexibility index (Phi) is 4.31. The van der Waals surface area contributed by atoms with Crippen LogP contribution >= 0.6 is 27.3 Å². The van der Waals surface area contributed by atoms with Crippen molar-refractivity contribution in [2.75, 3.05) is 0 Å². The average Bonchev–Trinajstić information content (AvgIpc) is 2.73. The Morgan fingerprint density at radius 2 is 2.00 bits per heavy atom. The lowest BCUT2D eigenvalue weighted by molar-refractivity contribution is 0.574. The van der Waals surface area contributed by atoms with Gasteiger partial charge < -0.3 is 5.32 Å². The van der Waals surface area contributed by atoms with Crippen LogP contribution < -0.4 is 5.32 Å². The first-order valence-electron chi connectivity index (χ1n) is 5.37. The topological polar surface area (TPSA) is 12.0 Å². The first-order valence-corrected chi connectivity index (χ1v) is 7.05. The van der Waals surface area contributed by atoms with Crippen molar-refractivity contribution in [2.45, 2.75) is 19.5 Å². The van der Waals surface area contributed by atoms with Crippen LogP contribution in [-0.4, -0.2) is 0 Å². The third-order valence-electron chi connectivity index (χ3n) is 2.63. The zero-order valence-electron chi connectivity index (χ0n) is 9.41. The highest BCUT2D eigenvalue weighted by atomic mass is 79.9. The molecule has 0 radical (unpaired) electrons. The summed E-state index contributed by atoms with van der Waals surface area (Å²) in [7, 11) is 0.